The molecule has 0 aliphatic heterocycles. The second kappa shape index (κ2) is 2.55. The Hall–Kier alpha value is -1.49. The molecule has 0 bridgehead atoms. The largest absolute Gasteiger partial charge is 0.340 e. The number of imidazole rings is 1. The molecule has 3 N–H and O–H groups in total. The maximum atomic E-state index is 13.3. The second-order valence-corrected chi connectivity index (χ2v) is 4.03. The maximum absolute atomic E-state index is 13.3. The van der Waals surface area contributed by atoms with E-state index in [1.807, 2.05) is 0 Å². The first-order valence-corrected chi connectivity index (χ1v) is 4.73. The van der Waals surface area contributed by atoms with Crippen molar-refractivity contribution in [2.45, 2.75) is 18.4 Å². The lowest BCUT2D eigenvalue weighted by Gasteiger charge is -2.01. The van der Waals surface area contributed by atoms with Gasteiger partial charge in [0.15, 0.2) is 5.82 Å². The molecule has 1 aliphatic rings. The number of aromatic nitrogens is 2. The number of halogens is 2. The number of benzene rings is 1. The van der Waals surface area contributed by atoms with E-state index in [0.717, 1.165) is 18.9 Å². The van der Waals surface area contributed by atoms with Crippen LogP contribution in [0.1, 0.15) is 18.7 Å². The second-order valence-electron chi connectivity index (χ2n) is 4.03. The summed E-state index contributed by atoms with van der Waals surface area (Å²) in [4.78, 5) is 6.93. The van der Waals surface area contributed by atoms with Gasteiger partial charge in [0, 0.05) is 6.07 Å². The molecule has 5 heteroatoms. The SMILES string of the molecule is NC1(c2nc3c(F)cc(F)cc3[nH]2)CC1. The number of H-pyrrole nitrogens is 1. The van der Waals surface area contributed by atoms with Gasteiger partial charge < -0.3 is 10.7 Å². The lowest BCUT2D eigenvalue weighted by Crippen LogP contribution is -2.20. The van der Waals surface area contributed by atoms with E-state index in [9.17, 15) is 8.78 Å². The molecule has 1 saturated carbocycles. The minimum Gasteiger partial charge on any atom is -0.340 e. The molecule has 1 aromatic carbocycles. The predicted molar refractivity (Wildman–Crippen MR) is 51.1 cm³/mol. The zero-order chi connectivity index (χ0) is 10.6. The van der Waals surface area contributed by atoms with Gasteiger partial charge >= 0.3 is 0 Å². The van der Waals surface area contributed by atoms with E-state index in [1.54, 1.807) is 0 Å². The van der Waals surface area contributed by atoms with Crippen molar-refractivity contribution in [2.24, 2.45) is 5.73 Å². The molecule has 3 nitrogen and oxygen atoms in total. The van der Waals surface area contributed by atoms with Gasteiger partial charge in [0.25, 0.3) is 0 Å². The summed E-state index contributed by atoms with van der Waals surface area (Å²) in [6, 6.07) is 2.05. The molecule has 1 fully saturated rings. The van der Waals surface area contributed by atoms with Crippen molar-refractivity contribution in [1.29, 1.82) is 0 Å². The molecule has 0 saturated heterocycles. The summed E-state index contributed by atoms with van der Waals surface area (Å²) >= 11 is 0. The van der Waals surface area contributed by atoms with E-state index < -0.39 is 17.2 Å². The van der Waals surface area contributed by atoms with Gasteiger partial charge in [-0.3, -0.25) is 0 Å². The van der Waals surface area contributed by atoms with E-state index in [4.69, 9.17) is 5.73 Å². The zero-order valence-electron chi connectivity index (χ0n) is 7.85. The highest BCUT2D eigenvalue weighted by molar-refractivity contribution is 5.76. The van der Waals surface area contributed by atoms with Crippen LogP contribution < -0.4 is 5.73 Å². The van der Waals surface area contributed by atoms with Crippen molar-refractivity contribution in [1.82, 2.24) is 9.97 Å². The summed E-state index contributed by atoms with van der Waals surface area (Å²) in [5.74, 6) is -0.726. The number of fused-ring (bicyclic) bond motifs is 1. The minimum atomic E-state index is -0.656. The van der Waals surface area contributed by atoms with Gasteiger partial charge in [-0.1, -0.05) is 0 Å². The van der Waals surface area contributed by atoms with Crippen LogP contribution in [0.3, 0.4) is 0 Å². The number of hydrogen-bond donors (Lipinski definition) is 2. The number of aromatic amines is 1. The van der Waals surface area contributed by atoms with Gasteiger partial charge in [0.05, 0.1) is 11.1 Å². The average molecular weight is 209 g/mol. The van der Waals surface area contributed by atoms with Crippen molar-refractivity contribution in [3.8, 4) is 0 Å². The van der Waals surface area contributed by atoms with Crippen LogP contribution in [0.2, 0.25) is 0 Å². The van der Waals surface area contributed by atoms with Gasteiger partial charge in [-0.05, 0) is 18.9 Å². The molecule has 0 amide bonds. The highest BCUT2D eigenvalue weighted by atomic mass is 19.1. The van der Waals surface area contributed by atoms with Crippen LogP contribution in [0.4, 0.5) is 8.78 Å². The monoisotopic (exact) mass is 209 g/mol. The van der Waals surface area contributed by atoms with Gasteiger partial charge in [-0.2, -0.15) is 0 Å². The topological polar surface area (TPSA) is 54.7 Å². The number of hydrogen-bond acceptors (Lipinski definition) is 2. The van der Waals surface area contributed by atoms with Gasteiger partial charge in [-0.15, -0.1) is 0 Å². The molecule has 1 heterocycles. The molecule has 1 aromatic heterocycles. The fourth-order valence-corrected chi connectivity index (χ4v) is 1.65. The summed E-state index contributed by atoms with van der Waals surface area (Å²) in [5.41, 5.74) is 5.97. The van der Waals surface area contributed by atoms with E-state index in [2.05, 4.69) is 9.97 Å². The number of nitrogens with zero attached hydrogens (tertiary/aromatic N) is 1. The quantitative estimate of drug-likeness (QED) is 0.752. The summed E-state index contributed by atoms with van der Waals surface area (Å²) in [6.07, 6.45) is 1.66. The first kappa shape index (κ1) is 8.79. The summed E-state index contributed by atoms with van der Waals surface area (Å²) in [5, 5.41) is 0. The van der Waals surface area contributed by atoms with E-state index in [1.165, 1.54) is 6.07 Å². The molecular formula is C10H9F2N3. The first-order valence-electron chi connectivity index (χ1n) is 4.73. The van der Waals surface area contributed by atoms with E-state index in [0.29, 0.717) is 11.3 Å². The molecule has 0 radical (unpaired) electrons. The van der Waals surface area contributed by atoms with Crippen molar-refractivity contribution < 1.29 is 8.78 Å². The van der Waals surface area contributed by atoms with Crippen molar-refractivity contribution >= 4 is 11.0 Å². The highest BCUT2D eigenvalue weighted by Crippen LogP contribution is 2.41. The predicted octanol–water partition coefficient (Wildman–Crippen LogP) is 1.79. The Morgan fingerprint density at radius 1 is 1.33 bits per heavy atom. The number of rotatable bonds is 1. The van der Waals surface area contributed by atoms with Crippen molar-refractivity contribution in [2.75, 3.05) is 0 Å². The molecular weight excluding hydrogens is 200 g/mol. The summed E-state index contributed by atoms with van der Waals surface area (Å²) in [6.45, 7) is 0. The number of nitrogens with one attached hydrogen (secondary N) is 1. The molecule has 0 unspecified atom stereocenters. The fraction of sp³-hybridized carbons (Fsp3) is 0.300. The van der Waals surface area contributed by atoms with Gasteiger partial charge in [-0.25, -0.2) is 13.8 Å². The molecule has 1 aliphatic carbocycles. The highest BCUT2D eigenvalue weighted by Gasteiger charge is 2.43. The maximum Gasteiger partial charge on any atom is 0.153 e. The third-order valence-electron chi connectivity index (χ3n) is 2.77. The Balaban J connectivity index is 2.25. The Kier molecular flexibility index (Phi) is 1.49. The van der Waals surface area contributed by atoms with Crippen LogP contribution in [0.25, 0.3) is 11.0 Å². The Labute approximate surface area is 84.3 Å². The minimum absolute atomic E-state index is 0.156. The van der Waals surface area contributed by atoms with Crippen molar-refractivity contribution in [3.05, 3.63) is 29.6 Å². The van der Waals surface area contributed by atoms with E-state index in [-0.39, 0.29) is 5.52 Å². The van der Waals surface area contributed by atoms with Crippen LogP contribution >= 0.6 is 0 Å². The Morgan fingerprint density at radius 2 is 2.07 bits per heavy atom. The number of nitrogens with two attached hydrogens (primary N) is 1. The summed E-state index contributed by atoms with van der Waals surface area (Å²) < 4.78 is 26.2. The smallest absolute Gasteiger partial charge is 0.153 e. The molecule has 15 heavy (non-hydrogen) atoms. The third-order valence-corrected chi connectivity index (χ3v) is 2.77. The van der Waals surface area contributed by atoms with Crippen LogP contribution in [-0.2, 0) is 5.54 Å². The Morgan fingerprint density at radius 3 is 2.73 bits per heavy atom. The first-order chi connectivity index (χ1) is 7.08. The van der Waals surface area contributed by atoms with Crippen LogP contribution in [-0.4, -0.2) is 9.97 Å². The standard InChI is InChI=1S/C10H9F2N3/c11-5-3-6(12)8-7(4-5)14-9(15-8)10(13)1-2-10/h3-4H,1-2,13H2,(H,14,15). The summed E-state index contributed by atoms with van der Waals surface area (Å²) in [7, 11) is 0. The Bertz CT molecular complexity index is 543. The lowest BCUT2D eigenvalue weighted by atomic mass is 10.3. The average Bonchev–Trinajstić information content (AvgIpc) is 2.77. The van der Waals surface area contributed by atoms with E-state index >= 15 is 0 Å². The zero-order valence-corrected chi connectivity index (χ0v) is 7.85. The molecule has 2 aromatic rings. The van der Waals surface area contributed by atoms with Gasteiger partial charge in [0.1, 0.15) is 17.2 Å². The normalized spacial score (nSPS) is 18.3. The molecule has 78 valence electrons. The van der Waals surface area contributed by atoms with Crippen LogP contribution in [0.15, 0.2) is 12.1 Å². The van der Waals surface area contributed by atoms with Crippen molar-refractivity contribution in [3.63, 3.8) is 0 Å². The molecule has 3 rings (SSSR count). The fourth-order valence-electron chi connectivity index (χ4n) is 1.65. The van der Waals surface area contributed by atoms with Crippen LogP contribution in [0.5, 0.6) is 0 Å². The lowest BCUT2D eigenvalue weighted by molar-refractivity contribution is 0.590. The van der Waals surface area contributed by atoms with Gasteiger partial charge in [0.2, 0.25) is 0 Å². The molecule has 0 atom stereocenters. The third kappa shape index (κ3) is 1.23. The molecule has 0 spiro atoms. The van der Waals surface area contributed by atoms with Crippen LogP contribution in [0, 0.1) is 11.6 Å².